The topological polar surface area (TPSA) is 0 Å². The molecule has 50 heavy (non-hydrogen) atoms. The third-order valence-electron chi connectivity index (χ3n) is 10.4. The van der Waals surface area contributed by atoms with Gasteiger partial charge in [0, 0.05) is 45.7 Å². The van der Waals surface area contributed by atoms with Crippen LogP contribution in [0.2, 0.25) is 0 Å². The third-order valence-corrected chi connectivity index (χ3v) is 12.8. The fraction of sp³-hybridized carbons (Fsp3) is 0. The van der Waals surface area contributed by atoms with Gasteiger partial charge in [0.05, 0.1) is 0 Å². The maximum Gasteiger partial charge on any atom is 0.0434 e. The summed E-state index contributed by atoms with van der Waals surface area (Å²) in [7, 11) is 0. The summed E-state index contributed by atoms with van der Waals surface area (Å²) in [6.45, 7) is 0. The van der Waals surface area contributed by atoms with Gasteiger partial charge in [-0.25, -0.2) is 0 Å². The van der Waals surface area contributed by atoms with Crippen LogP contribution < -0.4 is 0 Å². The van der Waals surface area contributed by atoms with Crippen molar-refractivity contribution in [3.05, 3.63) is 170 Å². The van der Waals surface area contributed by atoms with E-state index >= 15 is 0 Å². The third kappa shape index (κ3) is 4.10. The van der Waals surface area contributed by atoms with E-state index in [0.29, 0.717) is 0 Å². The van der Waals surface area contributed by atoms with Crippen molar-refractivity contribution in [2.75, 3.05) is 0 Å². The first-order chi connectivity index (χ1) is 24.8. The predicted octanol–water partition coefficient (Wildman–Crippen LogP) is 14.9. The zero-order valence-corrected chi connectivity index (χ0v) is 28.6. The number of fused-ring (bicyclic) bond motifs is 11. The summed E-state index contributed by atoms with van der Waals surface area (Å²) in [5.41, 5.74) is 7.55. The molecular formula is C48H28S2. The van der Waals surface area contributed by atoms with Crippen LogP contribution in [0.1, 0.15) is 0 Å². The Balaban J connectivity index is 1.12. The van der Waals surface area contributed by atoms with Gasteiger partial charge in [-0.3, -0.25) is 0 Å². The number of hydrogen-bond acceptors (Lipinski definition) is 2. The highest BCUT2D eigenvalue weighted by Gasteiger charge is 2.18. The van der Waals surface area contributed by atoms with Crippen molar-refractivity contribution in [3.63, 3.8) is 0 Å². The van der Waals surface area contributed by atoms with Crippen LogP contribution in [-0.2, 0) is 0 Å². The molecule has 11 aromatic rings. The monoisotopic (exact) mass is 668 g/mol. The van der Waals surface area contributed by atoms with Crippen LogP contribution in [0.4, 0.5) is 0 Å². The molecule has 0 nitrogen and oxygen atoms in total. The summed E-state index contributed by atoms with van der Waals surface area (Å²) < 4.78 is 5.40. The van der Waals surface area contributed by atoms with Crippen LogP contribution in [0, 0.1) is 0 Å². The van der Waals surface area contributed by atoms with Gasteiger partial charge >= 0.3 is 0 Å². The summed E-state index contributed by atoms with van der Waals surface area (Å²) in [6.07, 6.45) is 0. The van der Waals surface area contributed by atoms with Crippen LogP contribution in [-0.4, -0.2) is 0 Å². The van der Waals surface area contributed by atoms with Crippen LogP contribution >= 0.6 is 22.7 Å². The first kappa shape index (κ1) is 28.1. The average Bonchev–Trinajstić information content (AvgIpc) is 3.76. The Morgan fingerprint density at radius 3 is 1.54 bits per heavy atom. The highest BCUT2D eigenvalue weighted by molar-refractivity contribution is 7.27. The van der Waals surface area contributed by atoms with E-state index in [1.807, 2.05) is 22.7 Å². The lowest BCUT2D eigenvalue weighted by Crippen LogP contribution is -1.91. The molecule has 0 spiro atoms. The van der Waals surface area contributed by atoms with Crippen LogP contribution in [0.25, 0.3) is 106 Å². The Morgan fingerprint density at radius 1 is 0.260 bits per heavy atom. The largest absolute Gasteiger partial charge is 0.135 e. The molecule has 9 aromatic carbocycles. The summed E-state index contributed by atoms with van der Waals surface area (Å²) in [5.74, 6) is 0. The normalized spacial score (nSPS) is 12.0. The molecule has 0 N–H and O–H groups in total. The lowest BCUT2D eigenvalue weighted by molar-refractivity contribution is 1.63. The van der Waals surface area contributed by atoms with Crippen molar-refractivity contribution in [2.24, 2.45) is 0 Å². The van der Waals surface area contributed by atoms with E-state index in [4.69, 9.17) is 0 Å². The molecule has 0 bridgehead atoms. The first-order valence-electron chi connectivity index (χ1n) is 17.1. The van der Waals surface area contributed by atoms with Crippen molar-refractivity contribution in [1.29, 1.82) is 0 Å². The Morgan fingerprint density at radius 2 is 0.780 bits per heavy atom. The smallest absolute Gasteiger partial charge is 0.0434 e. The lowest BCUT2D eigenvalue weighted by Gasteiger charge is -2.18. The van der Waals surface area contributed by atoms with Gasteiger partial charge in [-0.05, 0) is 90.6 Å². The SMILES string of the molecule is c1ccc(-c2c3ccccc3c(-c3cccc(-c4ccc5sc6ccc7c(ccc8c9ccccc9sc87)c6c5c4)c3)c3ccccc23)cc1. The summed E-state index contributed by atoms with van der Waals surface area (Å²) in [4.78, 5) is 0. The van der Waals surface area contributed by atoms with Gasteiger partial charge in [0.2, 0.25) is 0 Å². The second-order valence-corrected chi connectivity index (χ2v) is 15.3. The minimum absolute atomic E-state index is 1.23. The Bertz CT molecular complexity index is 3080. The minimum atomic E-state index is 1.23. The Hall–Kier alpha value is -5.80. The van der Waals surface area contributed by atoms with E-state index in [-0.39, 0.29) is 0 Å². The van der Waals surface area contributed by atoms with Gasteiger partial charge in [-0.2, -0.15) is 0 Å². The van der Waals surface area contributed by atoms with Crippen molar-refractivity contribution in [1.82, 2.24) is 0 Å². The first-order valence-corrected chi connectivity index (χ1v) is 18.7. The van der Waals surface area contributed by atoms with Gasteiger partial charge in [0.15, 0.2) is 0 Å². The van der Waals surface area contributed by atoms with Crippen molar-refractivity contribution >= 4 is 95.3 Å². The minimum Gasteiger partial charge on any atom is -0.135 e. The van der Waals surface area contributed by atoms with Gasteiger partial charge < -0.3 is 0 Å². The molecule has 2 aromatic heterocycles. The lowest BCUT2D eigenvalue weighted by atomic mass is 9.85. The number of benzene rings is 9. The van der Waals surface area contributed by atoms with Gasteiger partial charge in [0.25, 0.3) is 0 Å². The van der Waals surface area contributed by atoms with Crippen LogP contribution in [0.15, 0.2) is 170 Å². The fourth-order valence-electron chi connectivity index (χ4n) is 8.25. The van der Waals surface area contributed by atoms with E-state index in [1.54, 1.807) is 0 Å². The molecule has 0 aliphatic carbocycles. The summed E-state index contributed by atoms with van der Waals surface area (Å²) >= 11 is 3.81. The number of hydrogen-bond donors (Lipinski definition) is 0. The molecule has 232 valence electrons. The van der Waals surface area contributed by atoms with E-state index < -0.39 is 0 Å². The zero-order valence-electron chi connectivity index (χ0n) is 27.0. The zero-order chi connectivity index (χ0) is 32.8. The maximum absolute atomic E-state index is 2.43. The van der Waals surface area contributed by atoms with Crippen LogP contribution in [0.5, 0.6) is 0 Å². The average molecular weight is 669 g/mol. The molecule has 0 saturated heterocycles. The van der Waals surface area contributed by atoms with Crippen molar-refractivity contribution in [3.8, 4) is 33.4 Å². The molecule has 0 fully saturated rings. The molecule has 11 rings (SSSR count). The van der Waals surface area contributed by atoms with Gasteiger partial charge in [-0.15, -0.1) is 22.7 Å². The molecule has 0 atom stereocenters. The molecule has 0 unspecified atom stereocenters. The van der Waals surface area contributed by atoms with E-state index in [1.165, 1.54) is 106 Å². The molecule has 2 heterocycles. The quantitative estimate of drug-likeness (QED) is 0.164. The Labute approximate surface area is 297 Å². The second-order valence-electron chi connectivity index (χ2n) is 13.2. The van der Waals surface area contributed by atoms with Crippen molar-refractivity contribution < 1.29 is 0 Å². The standard InChI is InChI=1S/C48H28S2/c1-2-11-29(12-3-1)45-34-16-4-6-18-36(34)46(37-19-7-5-17-35(37)45)32-14-10-13-30(27-32)31-21-25-43-41(28-31)47-38-22-23-39-33-15-8-9-20-42(33)50-48(39)40(38)24-26-44(47)49-43/h1-28H. The number of rotatable bonds is 3. The van der Waals surface area contributed by atoms with Crippen LogP contribution in [0.3, 0.4) is 0 Å². The predicted molar refractivity (Wildman–Crippen MR) is 221 cm³/mol. The second kappa shape index (κ2) is 10.9. The molecule has 0 amide bonds. The van der Waals surface area contributed by atoms with Gasteiger partial charge in [-0.1, -0.05) is 140 Å². The molecule has 2 heteroatoms. The fourth-order valence-corrected chi connectivity index (χ4v) is 10.6. The summed E-state index contributed by atoms with van der Waals surface area (Å²) in [5, 5.41) is 13.2. The Kier molecular flexibility index (Phi) is 6.09. The summed E-state index contributed by atoms with van der Waals surface area (Å²) in [6, 6.07) is 63.0. The van der Waals surface area contributed by atoms with E-state index in [0.717, 1.165) is 0 Å². The maximum atomic E-state index is 2.43. The molecule has 0 saturated carbocycles. The van der Waals surface area contributed by atoms with E-state index in [9.17, 15) is 0 Å². The molecular weight excluding hydrogens is 641 g/mol. The highest BCUT2D eigenvalue weighted by atomic mass is 32.1. The molecule has 0 aliphatic heterocycles. The molecule has 0 radical (unpaired) electrons. The highest BCUT2D eigenvalue weighted by Crippen LogP contribution is 2.46. The number of thiophene rings is 2. The van der Waals surface area contributed by atoms with E-state index in [2.05, 4.69) is 170 Å². The van der Waals surface area contributed by atoms with Crippen molar-refractivity contribution in [2.45, 2.75) is 0 Å². The van der Waals surface area contributed by atoms with Gasteiger partial charge in [0.1, 0.15) is 0 Å². The molecule has 0 aliphatic rings.